The molecular formula is C18H29NO3. The molecule has 0 bridgehead atoms. The third-order valence-electron chi connectivity index (χ3n) is 3.49. The maximum absolute atomic E-state index is 12.2. The van der Waals surface area contributed by atoms with E-state index in [1.807, 2.05) is 45.9 Å². The van der Waals surface area contributed by atoms with Gasteiger partial charge in [0.25, 0.3) is 5.91 Å². The van der Waals surface area contributed by atoms with Crippen LogP contribution in [-0.4, -0.2) is 31.3 Å². The van der Waals surface area contributed by atoms with E-state index in [1.54, 1.807) is 0 Å². The molecule has 1 N–H and O–H groups in total. The first-order valence-corrected chi connectivity index (χ1v) is 8.07. The second-order valence-corrected chi connectivity index (χ2v) is 5.82. The predicted molar refractivity (Wildman–Crippen MR) is 89.3 cm³/mol. The van der Waals surface area contributed by atoms with Gasteiger partial charge in [0.15, 0.2) is 6.10 Å². The largest absolute Gasteiger partial charge is 0.481 e. The van der Waals surface area contributed by atoms with Crippen molar-refractivity contribution in [1.29, 1.82) is 0 Å². The number of amides is 1. The van der Waals surface area contributed by atoms with Crippen LogP contribution in [-0.2, 0) is 9.53 Å². The molecule has 1 atom stereocenters. The molecule has 0 aromatic heterocycles. The van der Waals surface area contributed by atoms with Crippen LogP contribution in [0.4, 0.5) is 0 Å². The molecule has 0 spiro atoms. The summed E-state index contributed by atoms with van der Waals surface area (Å²) < 4.78 is 11.3. The molecule has 1 rings (SSSR count). The molecular weight excluding hydrogens is 278 g/mol. The monoisotopic (exact) mass is 307 g/mol. The van der Waals surface area contributed by atoms with Crippen molar-refractivity contribution in [2.24, 2.45) is 0 Å². The Hall–Kier alpha value is -1.55. The topological polar surface area (TPSA) is 47.6 Å². The summed E-state index contributed by atoms with van der Waals surface area (Å²) in [7, 11) is 0. The molecule has 1 amide bonds. The molecule has 4 nitrogen and oxygen atoms in total. The maximum Gasteiger partial charge on any atom is 0.261 e. The first-order chi connectivity index (χ1) is 10.4. The van der Waals surface area contributed by atoms with Gasteiger partial charge in [-0.15, -0.1) is 0 Å². The summed E-state index contributed by atoms with van der Waals surface area (Å²) in [5.41, 5.74) is 2.38. The van der Waals surface area contributed by atoms with Crippen molar-refractivity contribution in [3.05, 3.63) is 29.3 Å². The molecule has 22 heavy (non-hydrogen) atoms. The summed E-state index contributed by atoms with van der Waals surface area (Å²) in [6.07, 6.45) is 1.23. The van der Waals surface area contributed by atoms with Gasteiger partial charge in [0.05, 0.1) is 6.10 Å². The Morgan fingerprint density at radius 3 is 2.55 bits per heavy atom. The van der Waals surface area contributed by atoms with Crippen molar-refractivity contribution in [2.45, 2.75) is 59.7 Å². The van der Waals surface area contributed by atoms with Gasteiger partial charge in [-0.3, -0.25) is 4.79 Å². The van der Waals surface area contributed by atoms with Crippen LogP contribution in [0.5, 0.6) is 5.75 Å². The number of hydrogen-bond acceptors (Lipinski definition) is 3. The summed E-state index contributed by atoms with van der Waals surface area (Å²) in [4.78, 5) is 12.2. The minimum Gasteiger partial charge on any atom is -0.481 e. The van der Waals surface area contributed by atoms with Crippen LogP contribution >= 0.6 is 0 Å². The van der Waals surface area contributed by atoms with Crippen LogP contribution in [0.15, 0.2) is 18.2 Å². The number of ether oxygens (including phenoxy) is 2. The molecule has 124 valence electrons. The molecule has 0 aliphatic carbocycles. The van der Waals surface area contributed by atoms with Gasteiger partial charge in [-0.1, -0.05) is 13.0 Å². The smallest absolute Gasteiger partial charge is 0.261 e. The highest BCUT2D eigenvalue weighted by atomic mass is 16.5. The number of nitrogens with one attached hydrogen (secondary N) is 1. The normalized spacial score (nSPS) is 12.3. The Morgan fingerprint density at radius 1 is 1.23 bits per heavy atom. The number of carbonyl (C=O) groups excluding carboxylic acids is 1. The van der Waals surface area contributed by atoms with Crippen LogP contribution in [0, 0.1) is 13.8 Å². The number of aryl methyl sites for hydroxylation is 2. The van der Waals surface area contributed by atoms with E-state index < -0.39 is 6.10 Å². The highest BCUT2D eigenvalue weighted by molar-refractivity contribution is 5.81. The third-order valence-corrected chi connectivity index (χ3v) is 3.49. The maximum atomic E-state index is 12.2. The zero-order valence-corrected chi connectivity index (χ0v) is 14.4. The quantitative estimate of drug-likeness (QED) is 0.711. The van der Waals surface area contributed by atoms with Crippen molar-refractivity contribution in [3.8, 4) is 5.75 Å². The minimum absolute atomic E-state index is 0.0646. The average Bonchev–Trinajstić information content (AvgIpc) is 2.47. The lowest BCUT2D eigenvalue weighted by Gasteiger charge is -2.18. The third kappa shape index (κ3) is 6.48. The van der Waals surface area contributed by atoms with E-state index in [0.29, 0.717) is 19.6 Å². The fourth-order valence-corrected chi connectivity index (χ4v) is 1.99. The van der Waals surface area contributed by atoms with Crippen molar-refractivity contribution >= 4 is 5.91 Å². The standard InChI is InChI=1S/C18H29NO3/c1-6-17(18(20)19-10-7-11-21-13(2)3)22-16-9-8-14(4)15(5)12-16/h8-9,12-13,17H,6-7,10-11H2,1-5H3,(H,19,20)/t17-/m0/s1. The van der Waals surface area contributed by atoms with E-state index in [-0.39, 0.29) is 12.0 Å². The van der Waals surface area contributed by atoms with Gasteiger partial charge in [0, 0.05) is 13.2 Å². The van der Waals surface area contributed by atoms with Gasteiger partial charge >= 0.3 is 0 Å². The van der Waals surface area contributed by atoms with Gasteiger partial charge in [-0.25, -0.2) is 0 Å². The van der Waals surface area contributed by atoms with Gasteiger partial charge in [-0.05, 0) is 63.8 Å². The molecule has 0 unspecified atom stereocenters. The molecule has 0 radical (unpaired) electrons. The lowest BCUT2D eigenvalue weighted by atomic mass is 10.1. The van der Waals surface area contributed by atoms with Crippen LogP contribution in [0.3, 0.4) is 0 Å². The first kappa shape index (κ1) is 18.5. The van der Waals surface area contributed by atoms with Crippen LogP contribution < -0.4 is 10.1 Å². The Balaban J connectivity index is 2.42. The summed E-state index contributed by atoms with van der Waals surface area (Å²) in [6.45, 7) is 11.3. The highest BCUT2D eigenvalue weighted by Crippen LogP contribution is 2.18. The summed E-state index contributed by atoms with van der Waals surface area (Å²) in [5.74, 6) is 0.679. The van der Waals surface area contributed by atoms with Gasteiger partial charge < -0.3 is 14.8 Å². The fraction of sp³-hybridized carbons (Fsp3) is 0.611. The molecule has 1 aromatic rings. The van der Waals surface area contributed by atoms with Crippen LogP contribution in [0.2, 0.25) is 0 Å². The predicted octanol–water partition coefficient (Wildman–Crippen LogP) is 3.39. The Kier molecular flexibility index (Phi) is 7.96. The summed E-state index contributed by atoms with van der Waals surface area (Å²) in [6, 6.07) is 5.90. The van der Waals surface area contributed by atoms with E-state index in [1.165, 1.54) is 11.1 Å². The highest BCUT2D eigenvalue weighted by Gasteiger charge is 2.17. The van der Waals surface area contributed by atoms with Gasteiger partial charge in [0.2, 0.25) is 0 Å². The molecule has 0 heterocycles. The molecule has 0 fully saturated rings. The van der Waals surface area contributed by atoms with E-state index >= 15 is 0 Å². The molecule has 0 saturated carbocycles. The number of hydrogen-bond donors (Lipinski definition) is 1. The molecule has 0 aliphatic rings. The number of benzene rings is 1. The molecule has 4 heteroatoms. The zero-order valence-electron chi connectivity index (χ0n) is 14.4. The fourth-order valence-electron chi connectivity index (χ4n) is 1.99. The molecule has 0 saturated heterocycles. The van der Waals surface area contributed by atoms with Gasteiger partial charge in [-0.2, -0.15) is 0 Å². The Bertz CT molecular complexity index is 471. The Morgan fingerprint density at radius 2 is 1.95 bits per heavy atom. The van der Waals surface area contributed by atoms with Crippen molar-refractivity contribution in [3.63, 3.8) is 0 Å². The van der Waals surface area contributed by atoms with Crippen LogP contribution in [0.25, 0.3) is 0 Å². The second kappa shape index (κ2) is 9.46. The first-order valence-electron chi connectivity index (χ1n) is 8.07. The van der Waals surface area contributed by atoms with Crippen LogP contribution in [0.1, 0.15) is 44.7 Å². The lowest BCUT2D eigenvalue weighted by molar-refractivity contribution is -0.128. The minimum atomic E-state index is -0.451. The number of carbonyl (C=O) groups is 1. The van der Waals surface area contributed by atoms with Crippen molar-refractivity contribution in [1.82, 2.24) is 5.32 Å². The van der Waals surface area contributed by atoms with Crippen molar-refractivity contribution in [2.75, 3.05) is 13.2 Å². The Labute approximate surface area is 134 Å². The molecule has 1 aromatic carbocycles. The summed E-state index contributed by atoms with van der Waals surface area (Å²) >= 11 is 0. The van der Waals surface area contributed by atoms with Gasteiger partial charge in [0.1, 0.15) is 5.75 Å². The van der Waals surface area contributed by atoms with E-state index in [4.69, 9.17) is 9.47 Å². The number of rotatable bonds is 9. The average molecular weight is 307 g/mol. The van der Waals surface area contributed by atoms with E-state index in [2.05, 4.69) is 12.2 Å². The zero-order chi connectivity index (χ0) is 16.5. The van der Waals surface area contributed by atoms with Crippen molar-refractivity contribution < 1.29 is 14.3 Å². The van der Waals surface area contributed by atoms with E-state index in [0.717, 1.165) is 12.2 Å². The summed E-state index contributed by atoms with van der Waals surface area (Å²) in [5, 5.41) is 2.91. The second-order valence-electron chi connectivity index (χ2n) is 5.82. The SMILES string of the molecule is CC[C@H](Oc1ccc(C)c(C)c1)C(=O)NCCCOC(C)C. The van der Waals surface area contributed by atoms with E-state index in [9.17, 15) is 4.79 Å². The lowest BCUT2D eigenvalue weighted by Crippen LogP contribution is -2.38. The molecule has 0 aliphatic heterocycles.